The van der Waals surface area contributed by atoms with E-state index in [4.69, 9.17) is 9.47 Å². The van der Waals surface area contributed by atoms with Gasteiger partial charge in [-0.05, 0) is 138 Å². The van der Waals surface area contributed by atoms with E-state index in [-0.39, 0.29) is 6.61 Å². The van der Waals surface area contributed by atoms with Gasteiger partial charge in [0.15, 0.2) is 6.10 Å². The van der Waals surface area contributed by atoms with E-state index in [0.29, 0.717) is 23.0 Å². The van der Waals surface area contributed by atoms with Gasteiger partial charge in [0.1, 0.15) is 6.61 Å². The van der Waals surface area contributed by atoms with Crippen LogP contribution in [0.4, 0.5) is 0 Å². The minimum Gasteiger partial charge on any atom is -0.458 e. The summed E-state index contributed by atoms with van der Waals surface area (Å²) >= 11 is 0. The van der Waals surface area contributed by atoms with Crippen molar-refractivity contribution in [3.8, 4) is 22.3 Å². The van der Waals surface area contributed by atoms with Gasteiger partial charge in [-0.1, -0.05) is 156 Å². The lowest BCUT2D eigenvalue weighted by Crippen LogP contribution is -2.19. The molecule has 2 saturated carbocycles. The molecule has 0 amide bonds. The Bertz CT molecular complexity index is 2000. The van der Waals surface area contributed by atoms with Gasteiger partial charge in [0.05, 0.1) is 11.1 Å². The predicted molar refractivity (Wildman–Crippen MR) is 237 cm³/mol. The number of benzene rings is 5. The van der Waals surface area contributed by atoms with E-state index < -0.39 is 18.0 Å². The predicted octanol–water partition coefficient (Wildman–Crippen LogP) is 14.7. The second-order valence-electron chi connectivity index (χ2n) is 17.0. The summed E-state index contributed by atoms with van der Waals surface area (Å²) < 4.78 is 11.8. The Morgan fingerprint density at radius 1 is 0.500 bits per heavy atom. The SMILES string of the molecule is CCCCC1CCC(c2ccc(-c3ccc(C(=O)OCC(OC(=O)c4ccc(-c5ccc(C6CCC(CCCC)CC6)cc5)cc4)c4ccccc4)cc3)cc2)CC1. The summed E-state index contributed by atoms with van der Waals surface area (Å²) in [5.41, 5.74) is 8.92. The van der Waals surface area contributed by atoms with Gasteiger partial charge in [-0.2, -0.15) is 0 Å². The molecular weight excluding hydrogens is 713 g/mol. The Labute approximate surface area is 347 Å². The van der Waals surface area contributed by atoms with E-state index in [1.807, 2.05) is 66.7 Å². The van der Waals surface area contributed by atoms with E-state index in [2.05, 4.69) is 62.4 Å². The molecule has 2 fully saturated rings. The summed E-state index contributed by atoms with van der Waals surface area (Å²) in [5.74, 6) is 2.22. The smallest absolute Gasteiger partial charge is 0.338 e. The quantitative estimate of drug-likeness (QED) is 0.0937. The standard InChI is InChI=1S/C54H62O4/c1-3-5-10-39-14-18-41(19-15-39)43-22-26-45(27-23-43)47-30-34-50(35-31-47)53(55)57-38-52(49-12-8-7-9-13-49)58-54(56)51-36-32-48(33-37-51)46-28-24-44(25-29-46)42-20-16-40(17-21-42)11-6-4-2/h7-9,12-13,22-37,39-42,52H,3-6,10-11,14-21,38H2,1-2H3. The van der Waals surface area contributed by atoms with Gasteiger partial charge in [0, 0.05) is 0 Å². The van der Waals surface area contributed by atoms with Crippen LogP contribution in [0.1, 0.15) is 159 Å². The molecule has 7 rings (SSSR count). The zero-order chi connectivity index (χ0) is 40.1. The molecule has 5 aromatic carbocycles. The molecule has 0 heterocycles. The van der Waals surface area contributed by atoms with Crippen LogP contribution < -0.4 is 0 Å². The van der Waals surface area contributed by atoms with Crippen molar-refractivity contribution in [2.24, 2.45) is 11.8 Å². The van der Waals surface area contributed by atoms with Crippen LogP contribution in [0, 0.1) is 11.8 Å². The number of esters is 2. The maximum Gasteiger partial charge on any atom is 0.338 e. The molecule has 0 aromatic heterocycles. The van der Waals surface area contributed by atoms with Crippen molar-refractivity contribution in [1.29, 1.82) is 0 Å². The van der Waals surface area contributed by atoms with Gasteiger partial charge in [-0.3, -0.25) is 0 Å². The number of carbonyl (C=O) groups excluding carboxylic acids is 2. The Morgan fingerprint density at radius 3 is 1.31 bits per heavy atom. The van der Waals surface area contributed by atoms with Crippen LogP contribution in [-0.2, 0) is 9.47 Å². The average Bonchev–Trinajstić information content (AvgIpc) is 3.29. The Balaban J connectivity index is 0.919. The molecule has 4 heteroatoms. The van der Waals surface area contributed by atoms with Crippen LogP contribution >= 0.6 is 0 Å². The fraction of sp³-hybridized carbons (Fsp3) is 0.407. The summed E-state index contributed by atoms with van der Waals surface area (Å²) in [7, 11) is 0. The molecule has 2 aliphatic carbocycles. The van der Waals surface area contributed by atoms with Crippen LogP contribution in [0.2, 0.25) is 0 Å². The Kier molecular flexibility index (Phi) is 14.7. The topological polar surface area (TPSA) is 52.6 Å². The van der Waals surface area contributed by atoms with Crippen molar-refractivity contribution in [3.05, 3.63) is 155 Å². The molecule has 58 heavy (non-hydrogen) atoms. The fourth-order valence-corrected chi connectivity index (χ4v) is 9.35. The average molecular weight is 775 g/mol. The molecule has 5 aromatic rings. The lowest BCUT2D eigenvalue weighted by molar-refractivity contribution is -0.00133. The molecule has 1 unspecified atom stereocenters. The van der Waals surface area contributed by atoms with Gasteiger partial charge in [0.25, 0.3) is 0 Å². The zero-order valence-electron chi connectivity index (χ0n) is 34.8. The second-order valence-corrected chi connectivity index (χ2v) is 17.0. The zero-order valence-corrected chi connectivity index (χ0v) is 34.8. The molecular formula is C54H62O4. The maximum atomic E-state index is 13.5. The molecule has 2 aliphatic rings. The first-order valence-electron chi connectivity index (χ1n) is 22.3. The first-order valence-corrected chi connectivity index (χ1v) is 22.3. The minimum atomic E-state index is -0.754. The summed E-state index contributed by atoms with van der Waals surface area (Å²) in [5, 5.41) is 0. The molecule has 0 saturated heterocycles. The molecule has 4 nitrogen and oxygen atoms in total. The van der Waals surface area contributed by atoms with Crippen molar-refractivity contribution in [1.82, 2.24) is 0 Å². The lowest BCUT2D eigenvalue weighted by Gasteiger charge is -2.29. The molecule has 0 spiro atoms. The summed E-state index contributed by atoms with van der Waals surface area (Å²) in [6.07, 6.45) is 17.9. The fourth-order valence-electron chi connectivity index (χ4n) is 9.35. The molecule has 0 aliphatic heterocycles. The minimum absolute atomic E-state index is 0.0941. The first-order chi connectivity index (χ1) is 28.5. The molecule has 302 valence electrons. The van der Waals surface area contributed by atoms with E-state index in [1.165, 1.54) is 101 Å². The van der Waals surface area contributed by atoms with Crippen molar-refractivity contribution in [2.75, 3.05) is 6.61 Å². The third-order valence-electron chi connectivity index (χ3n) is 13.1. The summed E-state index contributed by atoms with van der Waals surface area (Å²) in [6.45, 7) is 4.48. The van der Waals surface area contributed by atoms with Crippen LogP contribution in [0.15, 0.2) is 127 Å². The highest BCUT2D eigenvalue weighted by Crippen LogP contribution is 2.40. The Hall–Kier alpha value is -4.96. The van der Waals surface area contributed by atoms with Crippen molar-refractivity contribution < 1.29 is 19.1 Å². The molecule has 0 bridgehead atoms. The van der Waals surface area contributed by atoms with E-state index in [9.17, 15) is 9.59 Å². The highest BCUT2D eigenvalue weighted by molar-refractivity contribution is 5.91. The van der Waals surface area contributed by atoms with Crippen LogP contribution in [0.5, 0.6) is 0 Å². The maximum absolute atomic E-state index is 13.5. The lowest BCUT2D eigenvalue weighted by atomic mass is 9.77. The van der Waals surface area contributed by atoms with Gasteiger partial charge in [-0.25, -0.2) is 9.59 Å². The highest BCUT2D eigenvalue weighted by atomic mass is 16.6. The summed E-state index contributed by atoms with van der Waals surface area (Å²) in [6, 6.07) is 42.5. The van der Waals surface area contributed by atoms with Gasteiger partial charge in [-0.15, -0.1) is 0 Å². The second kappa shape index (κ2) is 20.6. The van der Waals surface area contributed by atoms with Gasteiger partial charge < -0.3 is 9.47 Å². The molecule has 0 radical (unpaired) electrons. The van der Waals surface area contributed by atoms with Crippen LogP contribution in [-0.4, -0.2) is 18.5 Å². The normalized spacial score (nSPS) is 19.9. The molecule has 1 atom stereocenters. The van der Waals surface area contributed by atoms with Gasteiger partial charge >= 0.3 is 11.9 Å². The van der Waals surface area contributed by atoms with Gasteiger partial charge in [0.2, 0.25) is 0 Å². The van der Waals surface area contributed by atoms with Crippen molar-refractivity contribution >= 4 is 11.9 Å². The number of hydrogen-bond acceptors (Lipinski definition) is 4. The summed E-state index contributed by atoms with van der Waals surface area (Å²) in [4.78, 5) is 26.7. The van der Waals surface area contributed by atoms with E-state index >= 15 is 0 Å². The van der Waals surface area contributed by atoms with Crippen LogP contribution in [0.25, 0.3) is 22.3 Å². The number of unbranched alkanes of at least 4 members (excludes halogenated alkanes) is 2. The number of carbonyl (C=O) groups is 2. The van der Waals surface area contributed by atoms with E-state index in [0.717, 1.165) is 39.7 Å². The van der Waals surface area contributed by atoms with Crippen molar-refractivity contribution in [3.63, 3.8) is 0 Å². The van der Waals surface area contributed by atoms with Crippen molar-refractivity contribution in [2.45, 2.75) is 122 Å². The first kappa shape index (κ1) is 41.2. The van der Waals surface area contributed by atoms with Crippen LogP contribution in [0.3, 0.4) is 0 Å². The third-order valence-corrected chi connectivity index (χ3v) is 13.1. The highest BCUT2D eigenvalue weighted by Gasteiger charge is 2.24. The monoisotopic (exact) mass is 774 g/mol. The molecule has 0 N–H and O–H groups in total. The number of rotatable bonds is 16. The number of ether oxygens (including phenoxy) is 2. The third kappa shape index (κ3) is 10.9. The largest absolute Gasteiger partial charge is 0.458 e. The number of hydrogen-bond donors (Lipinski definition) is 0. The Morgan fingerprint density at radius 2 is 0.897 bits per heavy atom. The van der Waals surface area contributed by atoms with E-state index in [1.54, 1.807) is 12.1 Å².